The van der Waals surface area contributed by atoms with Crippen molar-refractivity contribution in [2.45, 2.75) is 6.42 Å². The maximum absolute atomic E-state index is 10.2. The minimum Gasteiger partial charge on any atom is -0.508 e. The molecule has 0 bridgehead atoms. The van der Waals surface area contributed by atoms with Crippen LogP contribution >= 0.6 is 0 Å². The van der Waals surface area contributed by atoms with E-state index in [1.165, 1.54) is 12.1 Å². The molecule has 0 heterocycles. The first-order chi connectivity index (χ1) is 11.6. The zero-order valence-electron chi connectivity index (χ0n) is 12.9. The van der Waals surface area contributed by atoms with Gasteiger partial charge in [-0.05, 0) is 33.2 Å². The van der Waals surface area contributed by atoms with Gasteiger partial charge in [-0.15, -0.1) is 0 Å². The molecular formula is C21H16O3. The van der Waals surface area contributed by atoms with Crippen LogP contribution in [0.5, 0.6) is 17.2 Å². The Kier molecular flexibility index (Phi) is 3.28. The largest absolute Gasteiger partial charge is 0.508 e. The summed E-state index contributed by atoms with van der Waals surface area (Å²) in [6.45, 7) is 0. The molecule has 0 aliphatic rings. The quantitative estimate of drug-likeness (QED) is 0.470. The van der Waals surface area contributed by atoms with Gasteiger partial charge in [-0.1, -0.05) is 48.5 Å². The van der Waals surface area contributed by atoms with E-state index in [2.05, 4.69) is 18.2 Å². The lowest BCUT2D eigenvalue weighted by atomic mass is 9.92. The summed E-state index contributed by atoms with van der Waals surface area (Å²) in [6, 6.07) is 20.8. The van der Waals surface area contributed by atoms with Crippen molar-refractivity contribution in [2.24, 2.45) is 0 Å². The number of hydrogen-bond acceptors (Lipinski definition) is 3. The molecule has 0 aromatic heterocycles. The van der Waals surface area contributed by atoms with Crippen molar-refractivity contribution in [1.82, 2.24) is 0 Å². The van der Waals surface area contributed by atoms with Crippen LogP contribution in [-0.2, 0) is 6.42 Å². The van der Waals surface area contributed by atoms with Gasteiger partial charge < -0.3 is 15.3 Å². The summed E-state index contributed by atoms with van der Waals surface area (Å²) in [4.78, 5) is 0. The summed E-state index contributed by atoms with van der Waals surface area (Å²) in [7, 11) is 0. The summed E-state index contributed by atoms with van der Waals surface area (Å²) in [5, 5.41) is 34.2. The molecule has 4 rings (SSSR count). The fourth-order valence-corrected chi connectivity index (χ4v) is 3.28. The van der Waals surface area contributed by atoms with Crippen molar-refractivity contribution < 1.29 is 15.3 Å². The normalized spacial score (nSPS) is 11.2. The van der Waals surface area contributed by atoms with Gasteiger partial charge in [0.15, 0.2) is 0 Å². The Bertz CT molecular complexity index is 990. The van der Waals surface area contributed by atoms with E-state index in [1.54, 1.807) is 0 Å². The van der Waals surface area contributed by atoms with Crippen LogP contribution in [0.4, 0.5) is 0 Å². The second kappa shape index (κ2) is 5.46. The first-order valence-corrected chi connectivity index (χ1v) is 7.76. The molecule has 0 aliphatic heterocycles. The molecule has 0 fully saturated rings. The predicted molar refractivity (Wildman–Crippen MR) is 95.7 cm³/mol. The van der Waals surface area contributed by atoms with Gasteiger partial charge in [-0.25, -0.2) is 0 Å². The molecule has 24 heavy (non-hydrogen) atoms. The van der Waals surface area contributed by atoms with E-state index in [9.17, 15) is 15.3 Å². The molecule has 3 N–H and O–H groups in total. The molecule has 4 aromatic carbocycles. The first-order valence-electron chi connectivity index (χ1n) is 7.76. The molecule has 0 aliphatic carbocycles. The Morgan fingerprint density at radius 3 is 1.62 bits per heavy atom. The van der Waals surface area contributed by atoms with Crippen LogP contribution in [0.1, 0.15) is 11.1 Å². The SMILES string of the molecule is Oc1cc(O)c(Cc2c3ccccc3cc3ccccc23)c(O)c1. The molecule has 0 amide bonds. The zero-order valence-corrected chi connectivity index (χ0v) is 12.9. The summed E-state index contributed by atoms with van der Waals surface area (Å²) >= 11 is 0. The Morgan fingerprint density at radius 1 is 0.583 bits per heavy atom. The minimum atomic E-state index is -0.156. The van der Waals surface area contributed by atoms with E-state index < -0.39 is 0 Å². The van der Waals surface area contributed by atoms with Crippen LogP contribution in [-0.4, -0.2) is 15.3 Å². The van der Waals surface area contributed by atoms with Crippen molar-refractivity contribution in [3.05, 3.63) is 77.9 Å². The second-order valence-electron chi connectivity index (χ2n) is 5.94. The third kappa shape index (κ3) is 2.31. The molecule has 0 unspecified atom stereocenters. The van der Waals surface area contributed by atoms with Crippen molar-refractivity contribution in [3.63, 3.8) is 0 Å². The van der Waals surface area contributed by atoms with Crippen LogP contribution in [0.15, 0.2) is 66.7 Å². The molecule has 0 atom stereocenters. The number of phenols is 3. The van der Waals surface area contributed by atoms with E-state index in [-0.39, 0.29) is 17.2 Å². The lowest BCUT2D eigenvalue weighted by Crippen LogP contribution is -1.94. The summed E-state index contributed by atoms with van der Waals surface area (Å²) < 4.78 is 0. The number of phenolic OH excluding ortho intramolecular Hbond substituents is 3. The number of benzene rings is 4. The number of aromatic hydroxyl groups is 3. The fraction of sp³-hybridized carbons (Fsp3) is 0.0476. The van der Waals surface area contributed by atoms with E-state index in [1.807, 2.05) is 36.4 Å². The Labute approximate surface area is 139 Å². The Morgan fingerprint density at radius 2 is 1.08 bits per heavy atom. The molecule has 118 valence electrons. The molecule has 4 aromatic rings. The lowest BCUT2D eigenvalue weighted by Gasteiger charge is -2.14. The van der Waals surface area contributed by atoms with Crippen LogP contribution in [0.2, 0.25) is 0 Å². The molecule has 0 radical (unpaired) electrons. The van der Waals surface area contributed by atoms with Gasteiger partial charge in [-0.2, -0.15) is 0 Å². The van der Waals surface area contributed by atoms with Gasteiger partial charge in [0.2, 0.25) is 0 Å². The molecule has 0 saturated heterocycles. The predicted octanol–water partition coefficient (Wildman–Crippen LogP) is 4.70. The van der Waals surface area contributed by atoms with Crippen LogP contribution in [0, 0.1) is 0 Å². The maximum atomic E-state index is 10.2. The standard InChI is InChI=1S/C21H16O3/c22-15-10-20(23)19(21(24)11-15)12-18-16-7-3-1-5-13(16)9-14-6-2-4-8-17(14)18/h1-11,22-24H,12H2. The molecule has 0 saturated carbocycles. The Hall–Kier alpha value is -3.20. The molecule has 3 heteroatoms. The number of hydrogen-bond donors (Lipinski definition) is 3. The van der Waals surface area contributed by atoms with E-state index in [0.717, 1.165) is 27.1 Å². The van der Waals surface area contributed by atoms with Gasteiger partial charge in [0.25, 0.3) is 0 Å². The topological polar surface area (TPSA) is 60.7 Å². The zero-order chi connectivity index (χ0) is 16.7. The highest BCUT2D eigenvalue weighted by Gasteiger charge is 2.14. The van der Waals surface area contributed by atoms with Crippen LogP contribution < -0.4 is 0 Å². The van der Waals surface area contributed by atoms with Crippen molar-refractivity contribution in [3.8, 4) is 17.2 Å². The minimum absolute atomic E-state index is 0.107. The average Bonchev–Trinajstić information content (AvgIpc) is 2.57. The highest BCUT2D eigenvalue weighted by Crippen LogP contribution is 2.37. The van der Waals surface area contributed by atoms with Gasteiger partial charge >= 0.3 is 0 Å². The molecular weight excluding hydrogens is 300 g/mol. The molecule has 3 nitrogen and oxygen atoms in total. The average molecular weight is 316 g/mol. The third-order valence-electron chi connectivity index (χ3n) is 4.42. The second-order valence-corrected chi connectivity index (χ2v) is 5.94. The van der Waals surface area contributed by atoms with Crippen molar-refractivity contribution in [2.75, 3.05) is 0 Å². The summed E-state index contributed by atoms with van der Waals surface area (Å²) in [5.74, 6) is -0.370. The Balaban J connectivity index is 2.01. The van der Waals surface area contributed by atoms with E-state index in [0.29, 0.717) is 12.0 Å². The van der Waals surface area contributed by atoms with Gasteiger partial charge in [-0.3, -0.25) is 0 Å². The summed E-state index contributed by atoms with van der Waals surface area (Å²) in [5.41, 5.74) is 1.45. The maximum Gasteiger partial charge on any atom is 0.126 e. The van der Waals surface area contributed by atoms with Crippen LogP contribution in [0.3, 0.4) is 0 Å². The van der Waals surface area contributed by atoms with Gasteiger partial charge in [0, 0.05) is 24.1 Å². The lowest BCUT2D eigenvalue weighted by molar-refractivity contribution is 0.421. The fourth-order valence-electron chi connectivity index (χ4n) is 3.28. The van der Waals surface area contributed by atoms with Crippen molar-refractivity contribution in [1.29, 1.82) is 0 Å². The summed E-state index contributed by atoms with van der Waals surface area (Å²) in [6.07, 6.45) is 0.375. The highest BCUT2D eigenvalue weighted by atomic mass is 16.3. The monoisotopic (exact) mass is 316 g/mol. The van der Waals surface area contributed by atoms with Crippen LogP contribution in [0.25, 0.3) is 21.5 Å². The van der Waals surface area contributed by atoms with E-state index >= 15 is 0 Å². The number of rotatable bonds is 2. The number of fused-ring (bicyclic) bond motifs is 2. The third-order valence-corrected chi connectivity index (χ3v) is 4.42. The van der Waals surface area contributed by atoms with Gasteiger partial charge in [0.05, 0.1) is 0 Å². The molecule has 0 spiro atoms. The van der Waals surface area contributed by atoms with E-state index in [4.69, 9.17) is 0 Å². The smallest absolute Gasteiger partial charge is 0.126 e. The van der Waals surface area contributed by atoms with Crippen molar-refractivity contribution >= 4 is 21.5 Å². The first kappa shape index (κ1) is 14.4. The highest BCUT2D eigenvalue weighted by molar-refractivity contribution is 6.02. The van der Waals surface area contributed by atoms with Gasteiger partial charge in [0.1, 0.15) is 17.2 Å².